The van der Waals surface area contributed by atoms with E-state index in [1.807, 2.05) is 19.9 Å². The van der Waals surface area contributed by atoms with Crippen LogP contribution in [-0.2, 0) is 10.2 Å². The molecule has 2 saturated carbocycles. The third kappa shape index (κ3) is 4.10. The highest BCUT2D eigenvalue weighted by atomic mass is 19.1. The van der Waals surface area contributed by atoms with Crippen LogP contribution in [0.1, 0.15) is 61.5 Å². The van der Waals surface area contributed by atoms with Gasteiger partial charge >= 0.3 is 0 Å². The molecule has 0 saturated heterocycles. The van der Waals surface area contributed by atoms with Crippen LogP contribution in [-0.4, -0.2) is 31.5 Å². The molecule has 3 aromatic rings. The lowest BCUT2D eigenvalue weighted by Crippen LogP contribution is -2.44. The zero-order valence-electron chi connectivity index (χ0n) is 18.9. The van der Waals surface area contributed by atoms with Crippen LogP contribution in [0.25, 0.3) is 5.82 Å². The van der Waals surface area contributed by atoms with Gasteiger partial charge in [-0.25, -0.2) is 13.8 Å². The number of nitrogens with one attached hydrogen (secondary N) is 1. The Kier molecular flexibility index (Phi) is 5.38. The molecule has 2 aliphatic carbocycles. The standard InChI is InChI=1S/C25H28FN5O2/c1-16-15-17(2)30(28-16)22-11-12-23(32)31(29-22)21-9-7-20(8-10-21)27-24(33)25(13-14-25)18-3-5-19(26)6-4-18/h3-6,11-12,15,20-21H,7-10,13-14H2,1-2H3,(H,27,33). The van der Waals surface area contributed by atoms with Crippen LogP contribution in [0.5, 0.6) is 0 Å². The van der Waals surface area contributed by atoms with Crippen LogP contribution in [0.2, 0.25) is 0 Å². The summed E-state index contributed by atoms with van der Waals surface area (Å²) >= 11 is 0. The van der Waals surface area contributed by atoms with E-state index < -0.39 is 5.41 Å². The number of nitrogens with zero attached hydrogens (tertiary/aromatic N) is 4. The van der Waals surface area contributed by atoms with Crippen molar-refractivity contribution in [3.63, 3.8) is 0 Å². The fourth-order valence-corrected chi connectivity index (χ4v) is 4.98. The maximum Gasteiger partial charge on any atom is 0.267 e. The number of aromatic nitrogens is 4. The molecule has 8 heteroatoms. The van der Waals surface area contributed by atoms with Crippen LogP contribution >= 0.6 is 0 Å². The van der Waals surface area contributed by atoms with E-state index >= 15 is 0 Å². The summed E-state index contributed by atoms with van der Waals surface area (Å²) < 4.78 is 16.6. The van der Waals surface area contributed by atoms with Gasteiger partial charge in [0.1, 0.15) is 5.82 Å². The molecule has 172 valence electrons. The minimum atomic E-state index is -0.517. The Labute approximate surface area is 191 Å². The van der Waals surface area contributed by atoms with E-state index in [1.165, 1.54) is 12.1 Å². The van der Waals surface area contributed by atoms with E-state index in [9.17, 15) is 14.0 Å². The highest BCUT2D eigenvalue weighted by molar-refractivity contribution is 5.91. The first-order chi connectivity index (χ1) is 15.9. The Morgan fingerprint density at radius 1 is 1.03 bits per heavy atom. The fraction of sp³-hybridized carbons (Fsp3) is 0.440. The lowest BCUT2D eigenvalue weighted by Gasteiger charge is -2.31. The smallest absolute Gasteiger partial charge is 0.267 e. The van der Waals surface area contributed by atoms with Crippen molar-refractivity contribution in [1.82, 2.24) is 24.9 Å². The van der Waals surface area contributed by atoms with Gasteiger partial charge in [-0.05, 0) is 82.2 Å². The monoisotopic (exact) mass is 449 g/mol. The van der Waals surface area contributed by atoms with Gasteiger partial charge < -0.3 is 5.32 Å². The molecule has 1 N–H and O–H groups in total. The summed E-state index contributed by atoms with van der Waals surface area (Å²) in [7, 11) is 0. The predicted octanol–water partition coefficient (Wildman–Crippen LogP) is 3.52. The minimum Gasteiger partial charge on any atom is -0.353 e. The maximum absolute atomic E-state index is 13.3. The van der Waals surface area contributed by atoms with E-state index in [4.69, 9.17) is 0 Å². The van der Waals surface area contributed by atoms with Crippen molar-refractivity contribution in [3.05, 3.63) is 75.6 Å². The minimum absolute atomic E-state index is 0.00505. The van der Waals surface area contributed by atoms with Gasteiger partial charge in [-0.1, -0.05) is 12.1 Å². The van der Waals surface area contributed by atoms with E-state index in [-0.39, 0.29) is 29.4 Å². The van der Waals surface area contributed by atoms with Gasteiger partial charge in [0.25, 0.3) is 5.56 Å². The highest BCUT2D eigenvalue weighted by Gasteiger charge is 2.51. The Bertz CT molecular complexity index is 1230. The first kappa shape index (κ1) is 21.6. The molecule has 2 heterocycles. The van der Waals surface area contributed by atoms with Gasteiger partial charge in [-0.3, -0.25) is 9.59 Å². The van der Waals surface area contributed by atoms with Crippen molar-refractivity contribution in [2.24, 2.45) is 0 Å². The van der Waals surface area contributed by atoms with Crippen molar-refractivity contribution in [2.45, 2.75) is 69.9 Å². The quantitative estimate of drug-likeness (QED) is 0.646. The Morgan fingerprint density at radius 2 is 1.73 bits per heavy atom. The van der Waals surface area contributed by atoms with Crippen LogP contribution in [0, 0.1) is 19.7 Å². The number of aryl methyl sites for hydroxylation is 2. The molecule has 2 aliphatic rings. The zero-order valence-corrected chi connectivity index (χ0v) is 18.9. The summed E-state index contributed by atoms with van der Waals surface area (Å²) in [5, 5.41) is 12.3. The predicted molar refractivity (Wildman–Crippen MR) is 122 cm³/mol. The second kappa shape index (κ2) is 8.24. The number of carbonyl (C=O) groups is 1. The Balaban J connectivity index is 1.25. The van der Waals surface area contributed by atoms with Gasteiger partial charge in [0.2, 0.25) is 5.91 Å². The van der Waals surface area contributed by atoms with Crippen LogP contribution in [0.3, 0.4) is 0 Å². The molecule has 0 spiro atoms. The summed E-state index contributed by atoms with van der Waals surface area (Å²) in [5.41, 5.74) is 2.11. The summed E-state index contributed by atoms with van der Waals surface area (Å²) in [6.45, 7) is 3.89. The zero-order chi connectivity index (χ0) is 23.2. The number of hydrogen-bond acceptors (Lipinski definition) is 4. The topological polar surface area (TPSA) is 81.8 Å². The van der Waals surface area contributed by atoms with E-state index in [1.54, 1.807) is 33.6 Å². The first-order valence-electron chi connectivity index (χ1n) is 11.6. The second-order valence-electron chi connectivity index (χ2n) is 9.38. The normalized spacial score (nSPS) is 21.5. The summed E-state index contributed by atoms with van der Waals surface area (Å²) in [6, 6.07) is 11.6. The van der Waals surface area contributed by atoms with E-state index in [2.05, 4.69) is 15.5 Å². The largest absolute Gasteiger partial charge is 0.353 e. The van der Waals surface area contributed by atoms with Crippen molar-refractivity contribution < 1.29 is 9.18 Å². The van der Waals surface area contributed by atoms with Crippen LogP contribution in [0.4, 0.5) is 4.39 Å². The number of rotatable bonds is 5. The lowest BCUT2D eigenvalue weighted by atomic mass is 9.89. The van der Waals surface area contributed by atoms with Crippen molar-refractivity contribution >= 4 is 5.91 Å². The molecule has 0 bridgehead atoms. The molecule has 2 fully saturated rings. The second-order valence-corrected chi connectivity index (χ2v) is 9.38. The molecule has 0 radical (unpaired) electrons. The molecule has 5 rings (SSSR count). The van der Waals surface area contributed by atoms with Gasteiger partial charge in [-0.2, -0.15) is 5.10 Å². The third-order valence-corrected chi connectivity index (χ3v) is 7.00. The molecule has 1 aromatic carbocycles. The molecular weight excluding hydrogens is 421 g/mol. The van der Waals surface area contributed by atoms with Crippen molar-refractivity contribution in [3.8, 4) is 5.82 Å². The van der Waals surface area contributed by atoms with Crippen molar-refractivity contribution in [2.75, 3.05) is 0 Å². The van der Waals surface area contributed by atoms with Gasteiger partial charge in [0, 0.05) is 17.8 Å². The summed E-state index contributed by atoms with van der Waals surface area (Å²) in [5.74, 6) is 0.365. The van der Waals surface area contributed by atoms with Crippen LogP contribution in [0.15, 0.2) is 47.3 Å². The highest BCUT2D eigenvalue weighted by Crippen LogP contribution is 2.48. The van der Waals surface area contributed by atoms with E-state index in [0.29, 0.717) is 5.82 Å². The molecule has 2 aromatic heterocycles. The molecule has 7 nitrogen and oxygen atoms in total. The Morgan fingerprint density at radius 3 is 2.33 bits per heavy atom. The van der Waals surface area contributed by atoms with Gasteiger partial charge in [0.05, 0.1) is 17.2 Å². The lowest BCUT2D eigenvalue weighted by molar-refractivity contribution is -0.124. The molecule has 0 aliphatic heterocycles. The van der Waals surface area contributed by atoms with E-state index in [0.717, 1.165) is 55.5 Å². The third-order valence-electron chi connectivity index (χ3n) is 7.00. The van der Waals surface area contributed by atoms with Crippen LogP contribution < -0.4 is 10.9 Å². The average molecular weight is 450 g/mol. The molecule has 0 unspecified atom stereocenters. The van der Waals surface area contributed by atoms with Gasteiger partial charge in [-0.15, -0.1) is 5.10 Å². The summed E-state index contributed by atoms with van der Waals surface area (Å²) in [4.78, 5) is 25.6. The first-order valence-corrected chi connectivity index (χ1v) is 11.6. The van der Waals surface area contributed by atoms with Gasteiger partial charge in [0.15, 0.2) is 5.82 Å². The molecule has 0 atom stereocenters. The number of benzene rings is 1. The number of carbonyl (C=O) groups excluding carboxylic acids is 1. The average Bonchev–Trinajstić information content (AvgIpc) is 3.54. The maximum atomic E-state index is 13.3. The summed E-state index contributed by atoms with van der Waals surface area (Å²) in [6.07, 6.45) is 4.68. The number of hydrogen-bond donors (Lipinski definition) is 1. The molecule has 33 heavy (non-hydrogen) atoms. The number of amides is 1. The fourth-order valence-electron chi connectivity index (χ4n) is 4.98. The number of halogens is 1. The SMILES string of the molecule is Cc1cc(C)n(-c2ccc(=O)n(C3CCC(NC(=O)C4(c5ccc(F)cc5)CC4)CC3)n2)n1. The Hall–Kier alpha value is -3.29. The molecule has 1 amide bonds. The molecular formula is C25H28FN5O2. The van der Waals surface area contributed by atoms with Crippen molar-refractivity contribution in [1.29, 1.82) is 0 Å².